The number of aromatic nitrogens is 1. The van der Waals surface area contributed by atoms with Crippen molar-refractivity contribution in [3.63, 3.8) is 0 Å². The lowest BCUT2D eigenvalue weighted by molar-refractivity contribution is -0.139. The van der Waals surface area contributed by atoms with Crippen molar-refractivity contribution >= 4 is 11.8 Å². The van der Waals surface area contributed by atoms with Crippen LogP contribution < -0.4 is 5.56 Å². The molecule has 2 amide bonds. The summed E-state index contributed by atoms with van der Waals surface area (Å²) < 4.78 is 13.0. The van der Waals surface area contributed by atoms with Crippen molar-refractivity contribution in [2.45, 2.75) is 33.1 Å². The van der Waals surface area contributed by atoms with E-state index < -0.39 is 5.56 Å². The minimum atomic E-state index is -0.408. The molecule has 1 aliphatic rings. The number of hydrogen-bond donors (Lipinski definition) is 1. The van der Waals surface area contributed by atoms with Crippen LogP contribution in [0.3, 0.4) is 0 Å². The highest BCUT2D eigenvalue weighted by Crippen LogP contribution is 2.16. The van der Waals surface area contributed by atoms with Gasteiger partial charge in [-0.25, -0.2) is 4.39 Å². The molecule has 0 bridgehead atoms. The number of benzene rings is 1. The first-order chi connectivity index (χ1) is 14.8. The molecule has 1 fully saturated rings. The number of nitrogens with one attached hydrogen (secondary N) is 1. The van der Waals surface area contributed by atoms with Crippen LogP contribution in [0.2, 0.25) is 0 Å². The summed E-state index contributed by atoms with van der Waals surface area (Å²) in [5.41, 5.74) is 2.54. The number of carbonyl (C=O) groups excluding carboxylic acids is 2. The van der Waals surface area contributed by atoms with Crippen LogP contribution in [0.5, 0.6) is 0 Å². The lowest BCUT2D eigenvalue weighted by Gasteiger charge is -2.35. The van der Waals surface area contributed by atoms with E-state index in [1.54, 1.807) is 35.8 Å². The molecule has 31 heavy (non-hydrogen) atoms. The maximum Gasteiger partial charge on any atom is 0.266 e. The normalized spacial score (nSPS) is 13.7. The molecule has 0 unspecified atom stereocenters. The second-order valence-corrected chi connectivity index (χ2v) is 7.73. The van der Waals surface area contributed by atoms with Gasteiger partial charge in [-0.3, -0.25) is 14.4 Å². The predicted molar refractivity (Wildman–Crippen MR) is 113 cm³/mol. The molecular formula is C23H25FN4O3. The third-order valence-corrected chi connectivity index (χ3v) is 5.76. The highest BCUT2D eigenvalue weighted by molar-refractivity contribution is 5.80. The van der Waals surface area contributed by atoms with Gasteiger partial charge in [0.2, 0.25) is 11.8 Å². The molecule has 7 nitrogen and oxygen atoms in total. The molecule has 1 aliphatic heterocycles. The lowest BCUT2D eigenvalue weighted by atomic mass is 9.99. The molecule has 0 radical (unpaired) electrons. The SMILES string of the molecule is Cc1[nH]c(=O)c(C#N)c(C)c1CCC(=O)N1CCN(C(=O)Cc2ccc(F)cc2)CC1. The number of piperazine rings is 1. The number of nitriles is 1. The van der Waals surface area contributed by atoms with Gasteiger partial charge in [0.1, 0.15) is 17.4 Å². The summed E-state index contributed by atoms with van der Waals surface area (Å²) >= 11 is 0. The van der Waals surface area contributed by atoms with Gasteiger partial charge in [0.15, 0.2) is 0 Å². The van der Waals surface area contributed by atoms with E-state index in [0.29, 0.717) is 43.9 Å². The van der Waals surface area contributed by atoms with Crippen LogP contribution in [-0.4, -0.2) is 52.8 Å². The second kappa shape index (κ2) is 9.56. The number of hydrogen-bond acceptors (Lipinski definition) is 4. The van der Waals surface area contributed by atoms with Crippen LogP contribution in [0.1, 0.15) is 34.4 Å². The molecule has 0 spiro atoms. The fourth-order valence-electron chi connectivity index (χ4n) is 3.90. The van der Waals surface area contributed by atoms with E-state index in [1.807, 2.05) is 6.07 Å². The van der Waals surface area contributed by atoms with Crippen molar-refractivity contribution in [1.82, 2.24) is 14.8 Å². The standard InChI is InChI=1S/C23H25FN4O3/c1-15-19(16(2)26-23(31)20(15)14-25)7-8-21(29)27-9-11-28(12-10-27)22(30)13-17-3-5-18(24)6-4-17/h3-6H,7-13H2,1-2H3,(H,26,31). The van der Waals surface area contributed by atoms with Crippen molar-refractivity contribution in [3.8, 4) is 6.07 Å². The Labute approximate surface area is 180 Å². The number of aromatic amines is 1. The van der Waals surface area contributed by atoms with Gasteiger partial charge in [0.25, 0.3) is 5.56 Å². The first-order valence-electron chi connectivity index (χ1n) is 10.2. The van der Waals surface area contributed by atoms with E-state index >= 15 is 0 Å². The van der Waals surface area contributed by atoms with Crippen molar-refractivity contribution in [3.05, 3.63) is 68.4 Å². The fourth-order valence-corrected chi connectivity index (χ4v) is 3.90. The number of halogens is 1. The molecule has 162 valence electrons. The van der Waals surface area contributed by atoms with Crippen molar-refractivity contribution in [2.75, 3.05) is 26.2 Å². The molecule has 3 rings (SSSR count). The fraction of sp³-hybridized carbons (Fsp3) is 0.391. The molecule has 1 aromatic heterocycles. The van der Waals surface area contributed by atoms with Gasteiger partial charge in [-0.05, 0) is 49.1 Å². The summed E-state index contributed by atoms with van der Waals surface area (Å²) in [7, 11) is 0. The zero-order chi connectivity index (χ0) is 22.5. The van der Waals surface area contributed by atoms with E-state index in [0.717, 1.165) is 11.1 Å². The second-order valence-electron chi connectivity index (χ2n) is 7.73. The van der Waals surface area contributed by atoms with Gasteiger partial charge in [0.05, 0.1) is 6.42 Å². The van der Waals surface area contributed by atoms with E-state index in [1.165, 1.54) is 12.1 Å². The van der Waals surface area contributed by atoms with E-state index in [2.05, 4.69) is 4.98 Å². The molecule has 2 aromatic rings. The Hall–Kier alpha value is -3.47. The molecule has 1 N–H and O–H groups in total. The average Bonchev–Trinajstić information content (AvgIpc) is 2.75. The van der Waals surface area contributed by atoms with Crippen LogP contribution in [0.25, 0.3) is 0 Å². The Kier molecular flexibility index (Phi) is 6.85. The van der Waals surface area contributed by atoms with Gasteiger partial charge in [0, 0.05) is 38.3 Å². The maximum atomic E-state index is 13.0. The minimum Gasteiger partial charge on any atom is -0.339 e. The summed E-state index contributed by atoms with van der Waals surface area (Å²) in [6.45, 7) is 5.33. The number of carbonyl (C=O) groups is 2. The number of nitrogens with zero attached hydrogens (tertiary/aromatic N) is 3. The van der Waals surface area contributed by atoms with Crippen LogP contribution in [0.15, 0.2) is 29.1 Å². The Morgan fingerprint density at radius 1 is 1.06 bits per heavy atom. The van der Waals surface area contributed by atoms with E-state index in [-0.39, 0.29) is 36.0 Å². The molecular weight excluding hydrogens is 399 g/mol. The smallest absolute Gasteiger partial charge is 0.266 e. The van der Waals surface area contributed by atoms with Gasteiger partial charge in [-0.15, -0.1) is 0 Å². The monoisotopic (exact) mass is 424 g/mol. The molecule has 2 heterocycles. The van der Waals surface area contributed by atoms with Crippen molar-refractivity contribution < 1.29 is 14.0 Å². The van der Waals surface area contributed by atoms with Gasteiger partial charge in [-0.1, -0.05) is 12.1 Å². The topological polar surface area (TPSA) is 97.3 Å². The summed E-state index contributed by atoms with van der Waals surface area (Å²) in [5.74, 6) is -0.393. The highest BCUT2D eigenvalue weighted by Gasteiger charge is 2.24. The van der Waals surface area contributed by atoms with Crippen LogP contribution in [-0.2, 0) is 22.4 Å². The first kappa shape index (κ1) is 22.2. The number of amides is 2. The van der Waals surface area contributed by atoms with Crippen LogP contribution >= 0.6 is 0 Å². The van der Waals surface area contributed by atoms with Crippen LogP contribution in [0.4, 0.5) is 4.39 Å². The molecule has 1 aromatic carbocycles. The van der Waals surface area contributed by atoms with Crippen LogP contribution in [0, 0.1) is 31.0 Å². The number of rotatable bonds is 5. The number of H-pyrrole nitrogens is 1. The van der Waals surface area contributed by atoms with E-state index in [9.17, 15) is 24.0 Å². The zero-order valence-corrected chi connectivity index (χ0v) is 17.7. The third-order valence-electron chi connectivity index (χ3n) is 5.76. The molecule has 0 atom stereocenters. The van der Waals surface area contributed by atoms with Gasteiger partial charge < -0.3 is 14.8 Å². The predicted octanol–water partition coefficient (Wildman–Crippen LogP) is 1.85. The van der Waals surface area contributed by atoms with Gasteiger partial charge >= 0.3 is 0 Å². The molecule has 8 heteroatoms. The quantitative estimate of drug-likeness (QED) is 0.792. The minimum absolute atomic E-state index is 0.0193. The summed E-state index contributed by atoms with van der Waals surface area (Å²) in [6.07, 6.45) is 0.911. The first-order valence-corrected chi connectivity index (χ1v) is 10.2. The lowest BCUT2D eigenvalue weighted by Crippen LogP contribution is -2.51. The summed E-state index contributed by atoms with van der Waals surface area (Å²) in [5, 5.41) is 9.18. The number of aryl methyl sites for hydroxylation is 1. The average molecular weight is 424 g/mol. The Morgan fingerprint density at radius 3 is 2.23 bits per heavy atom. The molecule has 1 saturated heterocycles. The summed E-state index contributed by atoms with van der Waals surface area (Å²) in [6, 6.07) is 7.80. The Bertz CT molecular complexity index is 1080. The highest BCUT2D eigenvalue weighted by atomic mass is 19.1. The molecule has 0 saturated carbocycles. The maximum absolute atomic E-state index is 13.0. The third kappa shape index (κ3) is 5.18. The molecule has 0 aliphatic carbocycles. The van der Waals surface area contributed by atoms with Crippen molar-refractivity contribution in [2.24, 2.45) is 0 Å². The zero-order valence-electron chi connectivity index (χ0n) is 17.7. The largest absolute Gasteiger partial charge is 0.339 e. The van der Waals surface area contributed by atoms with Crippen molar-refractivity contribution in [1.29, 1.82) is 5.26 Å². The van der Waals surface area contributed by atoms with Gasteiger partial charge in [-0.2, -0.15) is 5.26 Å². The Morgan fingerprint density at radius 2 is 1.65 bits per heavy atom. The Balaban J connectivity index is 1.53. The number of pyridine rings is 1. The van der Waals surface area contributed by atoms with E-state index in [4.69, 9.17) is 0 Å². The summed E-state index contributed by atoms with van der Waals surface area (Å²) in [4.78, 5) is 43.1.